The van der Waals surface area contributed by atoms with Crippen LogP contribution >= 0.6 is 11.6 Å². The number of anilines is 1. The Labute approximate surface area is 153 Å². The lowest BCUT2D eigenvalue weighted by Gasteiger charge is -2.09. The maximum absolute atomic E-state index is 13.6. The smallest absolute Gasteiger partial charge is 0.266 e. The molecule has 0 aliphatic carbocycles. The van der Waals surface area contributed by atoms with Crippen LogP contribution in [-0.4, -0.2) is 17.6 Å². The quantitative estimate of drug-likeness (QED) is 0.601. The second-order valence-electron chi connectivity index (χ2n) is 5.03. The molecule has 0 aliphatic rings. The third-order valence-electron chi connectivity index (χ3n) is 3.21. The number of hydrogen-bond acceptors (Lipinski definition) is 4. The lowest BCUT2D eigenvalue weighted by molar-refractivity contribution is -0.112. The molecule has 2 aromatic rings. The Hall–Kier alpha value is -3.11. The molecule has 0 aliphatic heterocycles. The van der Waals surface area contributed by atoms with Crippen molar-refractivity contribution in [2.75, 3.05) is 11.9 Å². The number of halogens is 3. The largest absolute Gasteiger partial charge is 0.503 e. The topological polar surface area (TPSA) is 82.3 Å². The van der Waals surface area contributed by atoms with Crippen molar-refractivity contribution in [3.63, 3.8) is 0 Å². The summed E-state index contributed by atoms with van der Waals surface area (Å²) in [4.78, 5) is 12.2. The first-order chi connectivity index (χ1) is 12.3. The van der Waals surface area contributed by atoms with Gasteiger partial charge in [-0.25, -0.2) is 8.78 Å². The first-order valence-corrected chi connectivity index (χ1v) is 7.77. The summed E-state index contributed by atoms with van der Waals surface area (Å²) in [6, 6.07) is 7.05. The van der Waals surface area contributed by atoms with Gasteiger partial charge in [-0.2, -0.15) is 5.26 Å². The molecule has 26 heavy (non-hydrogen) atoms. The molecule has 2 rings (SSSR count). The van der Waals surface area contributed by atoms with Crippen LogP contribution in [0.5, 0.6) is 11.5 Å². The van der Waals surface area contributed by atoms with Crippen LogP contribution in [0, 0.1) is 23.0 Å². The van der Waals surface area contributed by atoms with E-state index in [0.717, 1.165) is 12.1 Å². The summed E-state index contributed by atoms with van der Waals surface area (Å²) >= 11 is 5.90. The molecule has 0 aromatic heterocycles. The Kier molecular flexibility index (Phi) is 6.15. The molecule has 0 unspecified atom stereocenters. The van der Waals surface area contributed by atoms with Gasteiger partial charge in [-0.05, 0) is 42.8 Å². The van der Waals surface area contributed by atoms with Crippen LogP contribution < -0.4 is 10.1 Å². The predicted octanol–water partition coefficient (Wildman–Crippen LogP) is 4.27. The number of phenolic OH excluding ortho intramolecular Hbond substituents is 1. The van der Waals surface area contributed by atoms with Gasteiger partial charge in [0.2, 0.25) is 0 Å². The van der Waals surface area contributed by atoms with Crippen molar-refractivity contribution in [3.05, 3.63) is 58.1 Å². The van der Waals surface area contributed by atoms with E-state index < -0.39 is 17.5 Å². The van der Waals surface area contributed by atoms with Crippen molar-refractivity contribution in [1.29, 1.82) is 5.26 Å². The summed E-state index contributed by atoms with van der Waals surface area (Å²) in [6.45, 7) is 1.98. The lowest BCUT2D eigenvalue weighted by atomic mass is 10.1. The molecular weight excluding hydrogens is 366 g/mol. The highest BCUT2D eigenvalue weighted by Gasteiger charge is 2.14. The van der Waals surface area contributed by atoms with Gasteiger partial charge in [-0.15, -0.1) is 0 Å². The zero-order valence-electron chi connectivity index (χ0n) is 13.5. The van der Waals surface area contributed by atoms with Gasteiger partial charge in [-0.1, -0.05) is 11.6 Å². The monoisotopic (exact) mass is 378 g/mol. The third kappa shape index (κ3) is 4.49. The minimum atomic E-state index is -0.970. The molecule has 8 heteroatoms. The number of amides is 1. The normalized spacial score (nSPS) is 11.0. The standard InChI is InChI=1S/C18H13ClF2N2O3/c1-2-26-16-7-10(6-13(19)17(16)24)5-11(9-22)18(25)23-15-4-3-12(20)8-14(15)21/h3-8,24H,2H2,1H3,(H,23,25)/b11-5+. The van der Waals surface area contributed by atoms with E-state index in [4.69, 9.17) is 16.3 Å². The molecule has 0 saturated heterocycles. The maximum Gasteiger partial charge on any atom is 0.266 e. The zero-order chi connectivity index (χ0) is 19.3. The van der Waals surface area contributed by atoms with Crippen LogP contribution in [0.3, 0.4) is 0 Å². The lowest BCUT2D eigenvalue weighted by Crippen LogP contribution is -2.14. The van der Waals surface area contributed by atoms with Gasteiger partial charge >= 0.3 is 0 Å². The van der Waals surface area contributed by atoms with Gasteiger partial charge in [0.25, 0.3) is 5.91 Å². The predicted molar refractivity (Wildman–Crippen MR) is 92.9 cm³/mol. The van der Waals surface area contributed by atoms with E-state index in [0.29, 0.717) is 11.6 Å². The third-order valence-corrected chi connectivity index (χ3v) is 3.49. The van der Waals surface area contributed by atoms with Gasteiger partial charge in [0.05, 0.1) is 17.3 Å². The first kappa shape index (κ1) is 19.2. The molecule has 0 fully saturated rings. The zero-order valence-corrected chi connectivity index (χ0v) is 14.3. The van der Waals surface area contributed by atoms with Crippen molar-refractivity contribution in [3.8, 4) is 17.6 Å². The average molecular weight is 379 g/mol. The molecule has 0 atom stereocenters. The van der Waals surface area contributed by atoms with Gasteiger partial charge in [0, 0.05) is 6.07 Å². The highest BCUT2D eigenvalue weighted by molar-refractivity contribution is 6.32. The summed E-state index contributed by atoms with van der Waals surface area (Å²) in [5, 5.41) is 21.2. The average Bonchev–Trinajstić information content (AvgIpc) is 2.59. The summed E-state index contributed by atoms with van der Waals surface area (Å²) in [5.74, 6) is -2.82. The van der Waals surface area contributed by atoms with E-state index in [9.17, 15) is 23.9 Å². The van der Waals surface area contributed by atoms with Crippen molar-refractivity contribution in [1.82, 2.24) is 0 Å². The van der Waals surface area contributed by atoms with Crippen molar-refractivity contribution in [2.45, 2.75) is 6.92 Å². The van der Waals surface area contributed by atoms with E-state index in [1.807, 2.05) is 0 Å². The molecule has 2 N–H and O–H groups in total. The van der Waals surface area contributed by atoms with Crippen LogP contribution in [0.1, 0.15) is 12.5 Å². The summed E-state index contributed by atoms with van der Waals surface area (Å²) in [5.41, 5.74) is -0.295. The maximum atomic E-state index is 13.6. The molecule has 0 bridgehead atoms. The molecule has 0 radical (unpaired) electrons. The minimum Gasteiger partial charge on any atom is -0.503 e. The number of carbonyl (C=O) groups excluding carboxylic acids is 1. The van der Waals surface area contributed by atoms with Crippen LogP contribution in [0.25, 0.3) is 6.08 Å². The summed E-state index contributed by atoms with van der Waals surface area (Å²) < 4.78 is 31.8. The second-order valence-corrected chi connectivity index (χ2v) is 5.44. The Morgan fingerprint density at radius 2 is 2.12 bits per heavy atom. The minimum absolute atomic E-state index is 0.0236. The fourth-order valence-corrected chi connectivity index (χ4v) is 2.26. The van der Waals surface area contributed by atoms with Crippen LogP contribution in [-0.2, 0) is 4.79 Å². The number of rotatable bonds is 5. The van der Waals surface area contributed by atoms with Crippen molar-refractivity contribution in [2.24, 2.45) is 0 Å². The molecule has 2 aromatic carbocycles. The molecule has 5 nitrogen and oxygen atoms in total. The molecular formula is C18H13ClF2N2O3. The van der Waals surface area contributed by atoms with E-state index >= 15 is 0 Å². The Morgan fingerprint density at radius 3 is 2.73 bits per heavy atom. The Balaban J connectivity index is 2.32. The van der Waals surface area contributed by atoms with Crippen LogP contribution in [0.2, 0.25) is 5.02 Å². The number of aromatic hydroxyl groups is 1. The van der Waals surface area contributed by atoms with Gasteiger partial charge in [-0.3, -0.25) is 4.79 Å². The molecule has 0 spiro atoms. The number of phenols is 1. The fraction of sp³-hybridized carbons (Fsp3) is 0.111. The van der Waals surface area contributed by atoms with Crippen LogP contribution in [0.4, 0.5) is 14.5 Å². The SMILES string of the molecule is CCOc1cc(/C=C(\C#N)C(=O)Nc2ccc(F)cc2F)cc(Cl)c1O. The Morgan fingerprint density at radius 1 is 1.38 bits per heavy atom. The van der Waals surface area contributed by atoms with Gasteiger partial charge in [0.1, 0.15) is 23.3 Å². The van der Waals surface area contributed by atoms with E-state index in [1.54, 1.807) is 13.0 Å². The molecule has 0 heterocycles. The van der Waals surface area contributed by atoms with Crippen molar-refractivity contribution >= 4 is 29.3 Å². The highest BCUT2D eigenvalue weighted by Crippen LogP contribution is 2.35. The number of benzene rings is 2. The van der Waals surface area contributed by atoms with Crippen molar-refractivity contribution < 1.29 is 23.4 Å². The molecule has 134 valence electrons. The van der Waals surface area contributed by atoms with Crippen LogP contribution in [0.15, 0.2) is 35.9 Å². The van der Waals surface area contributed by atoms with Gasteiger partial charge < -0.3 is 15.2 Å². The number of ether oxygens (including phenoxy) is 1. The first-order valence-electron chi connectivity index (χ1n) is 7.39. The molecule has 1 amide bonds. The van der Waals surface area contributed by atoms with E-state index in [1.165, 1.54) is 18.2 Å². The number of nitrogens with zero attached hydrogens (tertiary/aromatic N) is 1. The van der Waals surface area contributed by atoms with Gasteiger partial charge in [0.15, 0.2) is 11.5 Å². The van der Waals surface area contributed by atoms with E-state index in [2.05, 4.69) is 5.32 Å². The second kappa shape index (κ2) is 8.32. The summed E-state index contributed by atoms with van der Waals surface area (Å²) in [6.07, 6.45) is 1.20. The van der Waals surface area contributed by atoms with E-state index in [-0.39, 0.29) is 34.4 Å². The summed E-state index contributed by atoms with van der Waals surface area (Å²) in [7, 11) is 0. The fourth-order valence-electron chi connectivity index (χ4n) is 2.04. The number of nitriles is 1. The number of carbonyl (C=O) groups is 1. The number of nitrogens with one attached hydrogen (secondary N) is 1. The molecule has 0 saturated carbocycles. The highest BCUT2D eigenvalue weighted by atomic mass is 35.5. The number of hydrogen-bond donors (Lipinski definition) is 2. The Bertz CT molecular complexity index is 923.